The molecule has 0 aromatic heterocycles. The number of rotatable bonds is 6. The van der Waals surface area contributed by atoms with Gasteiger partial charge in [-0.1, -0.05) is 17.7 Å². The molecule has 0 radical (unpaired) electrons. The van der Waals surface area contributed by atoms with Crippen molar-refractivity contribution in [2.75, 3.05) is 6.54 Å². The van der Waals surface area contributed by atoms with Crippen LogP contribution in [-0.4, -0.2) is 36.4 Å². The first-order valence-corrected chi connectivity index (χ1v) is 7.67. The molecule has 0 aliphatic heterocycles. The molecule has 8 heteroatoms. The van der Waals surface area contributed by atoms with Crippen molar-refractivity contribution in [3.8, 4) is 0 Å². The van der Waals surface area contributed by atoms with Crippen LogP contribution < -0.4 is 0 Å². The van der Waals surface area contributed by atoms with Gasteiger partial charge in [0.15, 0.2) is 5.82 Å². The van der Waals surface area contributed by atoms with Crippen LogP contribution in [0.2, 0.25) is 5.02 Å². The number of carboxylic acids is 1. The summed E-state index contributed by atoms with van der Waals surface area (Å²) in [5.74, 6) is -2.16. The lowest BCUT2D eigenvalue weighted by Crippen LogP contribution is -2.38. The Balaban J connectivity index is 3.23. The number of aliphatic carboxylic acids is 1. The smallest absolute Gasteiger partial charge is 0.304 e. The number of halogens is 2. The van der Waals surface area contributed by atoms with Gasteiger partial charge in [0.05, 0.1) is 11.4 Å². The third-order valence-corrected chi connectivity index (χ3v) is 5.01. The fourth-order valence-electron chi connectivity index (χ4n) is 1.67. The van der Waals surface area contributed by atoms with Crippen LogP contribution in [0.5, 0.6) is 0 Å². The van der Waals surface area contributed by atoms with Gasteiger partial charge < -0.3 is 5.11 Å². The number of carbonyl (C=O) groups is 1. The molecular formula is C12H15ClFNO4S. The summed E-state index contributed by atoms with van der Waals surface area (Å²) < 4.78 is 39.6. The van der Waals surface area contributed by atoms with E-state index in [-0.39, 0.29) is 18.0 Å². The van der Waals surface area contributed by atoms with E-state index in [4.69, 9.17) is 16.7 Å². The Kier molecular flexibility index (Phi) is 5.50. The molecule has 0 fully saturated rings. The molecule has 0 amide bonds. The molecule has 1 N–H and O–H groups in total. The zero-order chi connectivity index (χ0) is 15.5. The lowest BCUT2D eigenvalue weighted by atomic mass is 10.3. The van der Waals surface area contributed by atoms with Crippen molar-refractivity contribution >= 4 is 27.6 Å². The molecule has 0 saturated heterocycles. The maximum Gasteiger partial charge on any atom is 0.304 e. The van der Waals surface area contributed by atoms with Crippen LogP contribution in [-0.2, 0) is 14.8 Å². The molecule has 1 aromatic carbocycles. The largest absolute Gasteiger partial charge is 0.481 e. The topological polar surface area (TPSA) is 74.7 Å². The average molecular weight is 324 g/mol. The number of hydrogen-bond acceptors (Lipinski definition) is 3. The fraction of sp³-hybridized carbons (Fsp3) is 0.417. The van der Waals surface area contributed by atoms with Crippen molar-refractivity contribution < 1.29 is 22.7 Å². The lowest BCUT2D eigenvalue weighted by molar-refractivity contribution is -0.137. The molecule has 0 aliphatic rings. The maximum absolute atomic E-state index is 13.9. The summed E-state index contributed by atoms with van der Waals surface area (Å²) in [5.41, 5.74) is 0. The van der Waals surface area contributed by atoms with Crippen molar-refractivity contribution in [1.82, 2.24) is 4.31 Å². The van der Waals surface area contributed by atoms with Gasteiger partial charge in [-0.05, 0) is 26.0 Å². The van der Waals surface area contributed by atoms with Crippen molar-refractivity contribution in [1.29, 1.82) is 0 Å². The Hall–Kier alpha value is -1.18. The number of carboxylic acid groups (broad SMARTS) is 1. The second kappa shape index (κ2) is 6.51. The highest BCUT2D eigenvalue weighted by atomic mass is 35.5. The SMILES string of the molecule is CC(C)N(CCC(=O)O)S(=O)(=O)c1cccc(Cl)c1F. The molecule has 0 saturated carbocycles. The summed E-state index contributed by atoms with van der Waals surface area (Å²) in [5, 5.41) is 8.36. The molecule has 0 heterocycles. The van der Waals surface area contributed by atoms with Crippen LogP contribution in [0, 0.1) is 5.82 Å². The number of sulfonamides is 1. The van der Waals surface area contributed by atoms with Gasteiger partial charge in [-0.3, -0.25) is 4.79 Å². The van der Waals surface area contributed by atoms with Crippen molar-refractivity contribution in [2.24, 2.45) is 0 Å². The molecule has 0 bridgehead atoms. The minimum absolute atomic E-state index is 0.235. The van der Waals surface area contributed by atoms with E-state index >= 15 is 0 Å². The quantitative estimate of drug-likeness (QED) is 0.872. The normalized spacial score (nSPS) is 12.1. The summed E-state index contributed by atoms with van der Waals surface area (Å²) in [4.78, 5) is 10.0. The van der Waals surface area contributed by atoms with E-state index in [1.54, 1.807) is 13.8 Å². The van der Waals surface area contributed by atoms with Gasteiger partial charge in [-0.25, -0.2) is 12.8 Å². The molecular weight excluding hydrogens is 309 g/mol. The minimum atomic E-state index is -4.14. The maximum atomic E-state index is 13.9. The van der Waals surface area contributed by atoms with Gasteiger partial charge in [0.2, 0.25) is 10.0 Å². The highest BCUT2D eigenvalue weighted by Gasteiger charge is 2.30. The van der Waals surface area contributed by atoms with Gasteiger partial charge >= 0.3 is 5.97 Å². The van der Waals surface area contributed by atoms with E-state index in [1.807, 2.05) is 0 Å². The molecule has 1 rings (SSSR count). The molecule has 5 nitrogen and oxygen atoms in total. The highest BCUT2D eigenvalue weighted by Crippen LogP contribution is 2.26. The van der Waals surface area contributed by atoms with Crippen molar-refractivity contribution in [3.63, 3.8) is 0 Å². The Morgan fingerprint density at radius 1 is 1.45 bits per heavy atom. The van der Waals surface area contributed by atoms with Gasteiger partial charge in [0, 0.05) is 12.6 Å². The summed E-state index contributed by atoms with van der Waals surface area (Å²) >= 11 is 5.58. The summed E-state index contributed by atoms with van der Waals surface area (Å²) in [6.07, 6.45) is -0.362. The zero-order valence-electron chi connectivity index (χ0n) is 11.0. The Bertz CT molecular complexity index is 603. The standard InChI is InChI=1S/C12H15ClFNO4S/c1-8(2)15(7-6-11(16)17)20(18,19)10-5-3-4-9(13)12(10)14/h3-5,8H,6-7H2,1-2H3,(H,16,17). The monoisotopic (exact) mass is 323 g/mol. The molecule has 0 atom stereocenters. The first-order chi connectivity index (χ1) is 9.17. The molecule has 1 aromatic rings. The van der Waals surface area contributed by atoms with Crippen molar-refractivity contribution in [3.05, 3.63) is 29.0 Å². The number of benzene rings is 1. The third kappa shape index (κ3) is 3.68. The van der Waals surface area contributed by atoms with E-state index in [2.05, 4.69) is 0 Å². The van der Waals surface area contributed by atoms with E-state index < -0.39 is 32.7 Å². The summed E-state index contributed by atoms with van der Waals surface area (Å²) in [7, 11) is -4.14. The number of nitrogens with zero attached hydrogens (tertiary/aromatic N) is 1. The predicted molar refractivity (Wildman–Crippen MR) is 72.7 cm³/mol. The van der Waals surface area contributed by atoms with Crippen LogP contribution in [0.25, 0.3) is 0 Å². The zero-order valence-corrected chi connectivity index (χ0v) is 12.6. The molecule has 0 spiro atoms. The van der Waals surface area contributed by atoms with E-state index in [9.17, 15) is 17.6 Å². The Morgan fingerprint density at radius 2 is 2.05 bits per heavy atom. The van der Waals surface area contributed by atoms with Gasteiger partial charge in [0.25, 0.3) is 0 Å². The molecule has 112 valence electrons. The third-order valence-electron chi connectivity index (χ3n) is 2.62. The van der Waals surface area contributed by atoms with Gasteiger partial charge in [0.1, 0.15) is 4.90 Å². The van der Waals surface area contributed by atoms with Crippen LogP contribution in [0.15, 0.2) is 23.1 Å². The van der Waals surface area contributed by atoms with Crippen LogP contribution >= 0.6 is 11.6 Å². The van der Waals surface area contributed by atoms with Crippen LogP contribution in [0.1, 0.15) is 20.3 Å². The first-order valence-electron chi connectivity index (χ1n) is 5.85. The average Bonchev–Trinajstić information content (AvgIpc) is 2.31. The first kappa shape index (κ1) is 16.9. The fourth-order valence-corrected chi connectivity index (χ4v) is 3.63. The summed E-state index contributed by atoms with van der Waals surface area (Å²) in [6, 6.07) is 3.17. The van der Waals surface area contributed by atoms with Crippen LogP contribution in [0.3, 0.4) is 0 Å². The van der Waals surface area contributed by atoms with Crippen LogP contribution in [0.4, 0.5) is 4.39 Å². The van der Waals surface area contributed by atoms with E-state index in [1.165, 1.54) is 12.1 Å². The summed E-state index contributed by atoms with van der Waals surface area (Å²) in [6.45, 7) is 2.94. The second-order valence-electron chi connectivity index (χ2n) is 4.41. The van der Waals surface area contributed by atoms with Gasteiger partial charge in [-0.2, -0.15) is 4.31 Å². The van der Waals surface area contributed by atoms with E-state index in [0.29, 0.717) is 0 Å². The molecule has 0 aliphatic carbocycles. The van der Waals surface area contributed by atoms with Crippen molar-refractivity contribution in [2.45, 2.75) is 31.2 Å². The lowest BCUT2D eigenvalue weighted by Gasteiger charge is -2.25. The second-order valence-corrected chi connectivity index (χ2v) is 6.67. The molecule has 0 unspecified atom stereocenters. The highest BCUT2D eigenvalue weighted by molar-refractivity contribution is 7.89. The van der Waals surface area contributed by atoms with Gasteiger partial charge in [-0.15, -0.1) is 0 Å². The number of hydrogen-bond donors (Lipinski definition) is 1. The minimum Gasteiger partial charge on any atom is -0.481 e. The molecule has 20 heavy (non-hydrogen) atoms. The predicted octanol–water partition coefficient (Wildman–Crippen LogP) is 2.35. The van der Waals surface area contributed by atoms with E-state index in [0.717, 1.165) is 10.4 Å². The Morgan fingerprint density at radius 3 is 2.55 bits per heavy atom. The Labute approximate surface area is 122 Å².